The van der Waals surface area contributed by atoms with Gasteiger partial charge in [-0.25, -0.2) is 9.78 Å². The van der Waals surface area contributed by atoms with Crippen molar-refractivity contribution in [2.75, 3.05) is 11.4 Å². The number of aliphatic carboxylic acids is 1. The third-order valence-electron chi connectivity index (χ3n) is 4.14. The number of hydrogen-bond donors (Lipinski definition) is 1. The Morgan fingerprint density at radius 3 is 3.05 bits per heavy atom. The number of nitrogens with zero attached hydrogens (tertiary/aromatic N) is 2. The molecule has 3 rings (SSSR count). The van der Waals surface area contributed by atoms with Gasteiger partial charge in [0.15, 0.2) is 0 Å². The van der Waals surface area contributed by atoms with E-state index in [0.717, 1.165) is 23.8 Å². The van der Waals surface area contributed by atoms with Crippen molar-refractivity contribution in [2.45, 2.75) is 32.7 Å². The van der Waals surface area contributed by atoms with E-state index in [4.69, 9.17) is 4.42 Å². The maximum atomic E-state index is 11.7. The molecule has 1 aliphatic rings. The first-order chi connectivity index (χ1) is 9.50. The molecule has 1 N–H and O–H groups in total. The highest BCUT2D eigenvalue weighted by Gasteiger charge is 2.43. The molecule has 106 valence electrons. The molecule has 0 aromatic carbocycles. The van der Waals surface area contributed by atoms with E-state index in [2.05, 4.69) is 4.98 Å². The predicted molar refractivity (Wildman–Crippen MR) is 75.8 cm³/mol. The summed E-state index contributed by atoms with van der Waals surface area (Å²) in [6.45, 7) is 4.72. The van der Waals surface area contributed by atoms with Crippen molar-refractivity contribution in [3.63, 3.8) is 0 Å². The summed E-state index contributed by atoms with van der Waals surface area (Å²) < 4.78 is 5.38. The summed E-state index contributed by atoms with van der Waals surface area (Å²) in [6.07, 6.45) is 5.15. The van der Waals surface area contributed by atoms with E-state index in [1.807, 2.05) is 24.8 Å². The molecule has 3 heterocycles. The third-order valence-corrected chi connectivity index (χ3v) is 4.14. The van der Waals surface area contributed by atoms with Gasteiger partial charge in [0.2, 0.25) is 0 Å². The molecule has 1 aliphatic heterocycles. The normalized spacial score (nSPS) is 22.1. The van der Waals surface area contributed by atoms with Crippen molar-refractivity contribution in [3.8, 4) is 0 Å². The Morgan fingerprint density at radius 1 is 1.50 bits per heavy atom. The zero-order valence-corrected chi connectivity index (χ0v) is 11.7. The molecule has 1 unspecified atom stereocenters. The molecule has 2 aromatic rings. The molecule has 5 nitrogen and oxygen atoms in total. The highest BCUT2D eigenvalue weighted by Crippen LogP contribution is 2.39. The Labute approximate surface area is 117 Å². The van der Waals surface area contributed by atoms with Crippen LogP contribution in [0.15, 0.2) is 29.0 Å². The average molecular weight is 274 g/mol. The summed E-state index contributed by atoms with van der Waals surface area (Å²) in [6, 6.07) is 3.08. The monoisotopic (exact) mass is 274 g/mol. The number of furan rings is 1. The van der Waals surface area contributed by atoms with Gasteiger partial charge in [-0.1, -0.05) is 13.8 Å². The lowest BCUT2D eigenvalue weighted by Crippen LogP contribution is -2.54. The van der Waals surface area contributed by atoms with Gasteiger partial charge in [0.05, 0.1) is 11.6 Å². The summed E-state index contributed by atoms with van der Waals surface area (Å²) in [5, 5.41) is 10.5. The average Bonchev–Trinajstić information content (AvgIpc) is 2.84. The number of aromatic nitrogens is 1. The maximum Gasteiger partial charge on any atom is 0.326 e. The van der Waals surface area contributed by atoms with E-state index in [-0.39, 0.29) is 5.41 Å². The summed E-state index contributed by atoms with van der Waals surface area (Å²) >= 11 is 0. The number of fused-ring (bicyclic) bond motifs is 1. The van der Waals surface area contributed by atoms with Crippen LogP contribution in [0.3, 0.4) is 0 Å². The summed E-state index contributed by atoms with van der Waals surface area (Å²) in [5.74, 6) is -0.0894. The van der Waals surface area contributed by atoms with Gasteiger partial charge in [0.25, 0.3) is 0 Å². The second-order valence-corrected chi connectivity index (χ2v) is 5.99. The van der Waals surface area contributed by atoms with Crippen molar-refractivity contribution in [1.82, 2.24) is 4.98 Å². The maximum absolute atomic E-state index is 11.7. The Morgan fingerprint density at radius 2 is 2.30 bits per heavy atom. The predicted octanol–water partition coefficient (Wildman–Crippen LogP) is 2.91. The van der Waals surface area contributed by atoms with Crippen LogP contribution in [0, 0.1) is 5.41 Å². The molecule has 0 aliphatic carbocycles. The number of rotatable bonds is 2. The molecular weight excluding hydrogens is 256 g/mol. The first-order valence-corrected chi connectivity index (χ1v) is 6.82. The lowest BCUT2D eigenvalue weighted by atomic mass is 9.76. The van der Waals surface area contributed by atoms with E-state index in [1.54, 1.807) is 18.5 Å². The minimum atomic E-state index is -0.794. The fourth-order valence-corrected chi connectivity index (χ4v) is 3.20. The van der Waals surface area contributed by atoms with Gasteiger partial charge in [0, 0.05) is 12.7 Å². The summed E-state index contributed by atoms with van der Waals surface area (Å²) in [4.78, 5) is 18.0. The SMILES string of the molecule is CC1(C)CCCN(c2nccc3occc23)C1C(=O)O. The minimum absolute atomic E-state index is 0.280. The fourth-order valence-electron chi connectivity index (χ4n) is 3.20. The standard InChI is InChI=1S/C15H18N2O3/c1-15(2)6-3-8-17(12(15)14(18)19)13-10-5-9-20-11(10)4-7-16-13/h4-5,7,9,12H,3,6,8H2,1-2H3,(H,18,19). The molecule has 0 amide bonds. The molecule has 20 heavy (non-hydrogen) atoms. The van der Waals surface area contributed by atoms with Crippen LogP contribution in [-0.2, 0) is 4.79 Å². The topological polar surface area (TPSA) is 66.6 Å². The van der Waals surface area contributed by atoms with Gasteiger partial charge >= 0.3 is 5.97 Å². The van der Waals surface area contributed by atoms with E-state index in [1.165, 1.54) is 0 Å². The van der Waals surface area contributed by atoms with E-state index in [9.17, 15) is 9.90 Å². The van der Waals surface area contributed by atoms with Crippen molar-refractivity contribution in [1.29, 1.82) is 0 Å². The van der Waals surface area contributed by atoms with Crippen LogP contribution in [0.5, 0.6) is 0 Å². The summed E-state index contributed by atoms with van der Waals surface area (Å²) in [5.41, 5.74) is 0.458. The number of pyridine rings is 1. The Bertz CT molecular complexity index is 647. The fraction of sp³-hybridized carbons (Fsp3) is 0.467. The molecule has 0 saturated carbocycles. The van der Waals surface area contributed by atoms with Crippen LogP contribution in [0.2, 0.25) is 0 Å². The van der Waals surface area contributed by atoms with E-state index in [0.29, 0.717) is 12.4 Å². The van der Waals surface area contributed by atoms with E-state index >= 15 is 0 Å². The largest absolute Gasteiger partial charge is 0.480 e. The highest BCUT2D eigenvalue weighted by atomic mass is 16.4. The molecule has 0 spiro atoms. The van der Waals surface area contributed by atoms with Crippen molar-refractivity contribution < 1.29 is 14.3 Å². The number of carboxylic acid groups (broad SMARTS) is 1. The van der Waals surface area contributed by atoms with Crippen molar-refractivity contribution >= 4 is 22.8 Å². The van der Waals surface area contributed by atoms with Gasteiger partial charge in [-0.2, -0.15) is 0 Å². The van der Waals surface area contributed by atoms with E-state index < -0.39 is 12.0 Å². The molecule has 1 saturated heterocycles. The molecule has 2 aromatic heterocycles. The summed E-state index contributed by atoms with van der Waals surface area (Å²) in [7, 11) is 0. The first kappa shape index (κ1) is 13.0. The van der Waals surface area contributed by atoms with Crippen LogP contribution < -0.4 is 4.90 Å². The van der Waals surface area contributed by atoms with Gasteiger partial charge < -0.3 is 14.4 Å². The van der Waals surface area contributed by atoms with Crippen molar-refractivity contribution in [3.05, 3.63) is 24.6 Å². The number of anilines is 1. The second-order valence-electron chi connectivity index (χ2n) is 5.99. The number of carbonyl (C=O) groups is 1. The van der Waals surface area contributed by atoms with Gasteiger partial charge in [0.1, 0.15) is 17.4 Å². The second kappa shape index (κ2) is 4.51. The molecule has 0 radical (unpaired) electrons. The zero-order chi connectivity index (χ0) is 14.3. The zero-order valence-electron chi connectivity index (χ0n) is 11.7. The van der Waals surface area contributed by atoms with Gasteiger partial charge in [-0.05, 0) is 30.4 Å². The first-order valence-electron chi connectivity index (χ1n) is 6.82. The number of piperidine rings is 1. The van der Waals surface area contributed by atoms with Crippen LogP contribution in [0.1, 0.15) is 26.7 Å². The van der Waals surface area contributed by atoms with Crippen LogP contribution in [0.25, 0.3) is 11.0 Å². The molecule has 1 atom stereocenters. The Hall–Kier alpha value is -2.04. The molecular formula is C15H18N2O3. The Kier molecular flexibility index (Phi) is 2.92. The van der Waals surface area contributed by atoms with Crippen molar-refractivity contribution in [2.24, 2.45) is 5.41 Å². The quantitative estimate of drug-likeness (QED) is 0.912. The molecule has 0 bridgehead atoms. The van der Waals surface area contributed by atoms with Crippen LogP contribution in [-0.4, -0.2) is 28.6 Å². The molecule has 5 heteroatoms. The van der Waals surface area contributed by atoms with Crippen LogP contribution >= 0.6 is 0 Å². The highest BCUT2D eigenvalue weighted by molar-refractivity contribution is 5.91. The van der Waals surface area contributed by atoms with Crippen LogP contribution in [0.4, 0.5) is 5.82 Å². The minimum Gasteiger partial charge on any atom is -0.480 e. The third kappa shape index (κ3) is 1.94. The van der Waals surface area contributed by atoms with Gasteiger partial charge in [-0.15, -0.1) is 0 Å². The lowest BCUT2D eigenvalue weighted by molar-refractivity contribution is -0.142. The lowest BCUT2D eigenvalue weighted by Gasteiger charge is -2.44. The number of carboxylic acids is 1. The van der Waals surface area contributed by atoms with Gasteiger partial charge in [-0.3, -0.25) is 0 Å². The molecule has 1 fully saturated rings. The Balaban J connectivity index is 2.11. The number of hydrogen-bond acceptors (Lipinski definition) is 4. The smallest absolute Gasteiger partial charge is 0.326 e.